The van der Waals surface area contributed by atoms with Gasteiger partial charge in [0.25, 0.3) is 0 Å². The van der Waals surface area contributed by atoms with Gasteiger partial charge in [-0.25, -0.2) is 0 Å². The Bertz CT molecular complexity index is 869. The third-order valence-corrected chi connectivity index (χ3v) is 4.65. The zero-order valence-corrected chi connectivity index (χ0v) is 15.8. The highest BCUT2D eigenvalue weighted by atomic mass is 16.5. The zero-order valence-electron chi connectivity index (χ0n) is 15.8. The van der Waals surface area contributed by atoms with E-state index in [0.717, 1.165) is 16.9 Å². The number of benzene rings is 3. The molecule has 0 saturated carbocycles. The van der Waals surface area contributed by atoms with Crippen molar-refractivity contribution in [3.8, 4) is 5.75 Å². The molecule has 0 atom stereocenters. The number of hydrogen-bond acceptors (Lipinski definition) is 3. The van der Waals surface area contributed by atoms with Crippen molar-refractivity contribution < 1.29 is 9.84 Å². The summed E-state index contributed by atoms with van der Waals surface area (Å²) in [5.41, 5.74) is 3.18. The van der Waals surface area contributed by atoms with Crippen molar-refractivity contribution in [1.29, 1.82) is 0 Å². The molecule has 0 heterocycles. The van der Waals surface area contributed by atoms with E-state index in [2.05, 4.69) is 54.7 Å². The fraction of sp³-hybridized carbons (Fsp3) is 0.304. The molecule has 0 bridgehead atoms. The molecule has 0 aliphatic rings. The molecule has 0 fully saturated rings. The Kier molecular flexibility index (Phi) is 5.60. The van der Waals surface area contributed by atoms with Crippen molar-refractivity contribution in [2.45, 2.75) is 39.5 Å². The van der Waals surface area contributed by atoms with Crippen LogP contribution in [0, 0.1) is 6.92 Å². The van der Waals surface area contributed by atoms with Crippen LogP contribution < -0.4 is 10.1 Å². The molecule has 136 valence electrons. The molecule has 0 spiro atoms. The molecule has 3 nitrogen and oxygen atoms in total. The highest BCUT2D eigenvalue weighted by Gasteiger charge is 2.17. The van der Waals surface area contributed by atoms with Gasteiger partial charge >= 0.3 is 0 Å². The Morgan fingerprint density at radius 1 is 0.962 bits per heavy atom. The van der Waals surface area contributed by atoms with Crippen molar-refractivity contribution in [2.75, 3.05) is 6.61 Å². The van der Waals surface area contributed by atoms with Crippen molar-refractivity contribution in [1.82, 2.24) is 5.32 Å². The van der Waals surface area contributed by atoms with Crippen LogP contribution in [-0.2, 0) is 13.2 Å². The lowest BCUT2D eigenvalue weighted by Gasteiger charge is -2.25. The van der Waals surface area contributed by atoms with E-state index < -0.39 is 0 Å². The van der Waals surface area contributed by atoms with Gasteiger partial charge in [0.1, 0.15) is 12.4 Å². The molecule has 0 aliphatic heterocycles. The molecule has 0 aromatic heterocycles. The standard InChI is InChI=1S/C23H27NO2/c1-17-8-10-18(11-9-17)15-26-22-13-12-19-6-4-5-7-20(19)21(22)14-24-23(2,3)16-25/h4-13,24-25H,14-16H2,1-3H3. The van der Waals surface area contributed by atoms with Crippen LogP contribution in [0.4, 0.5) is 0 Å². The van der Waals surface area contributed by atoms with Gasteiger partial charge < -0.3 is 15.2 Å². The molecular formula is C23H27NO2. The first-order chi connectivity index (χ1) is 12.5. The normalized spacial score (nSPS) is 11.7. The Morgan fingerprint density at radius 2 is 1.69 bits per heavy atom. The third-order valence-electron chi connectivity index (χ3n) is 4.65. The van der Waals surface area contributed by atoms with E-state index in [4.69, 9.17) is 4.74 Å². The van der Waals surface area contributed by atoms with E-state index in [1.807, 2.05) is 32.0 Å². The van der Waals surface area contributed by atoms with Crippen molar-refractivity contribution in [3.63, 3.8) is 0 Å². The topological polar surface area (TPSA) is 41.5 Å². The number of aliphatic hydroxyl groups excluding tert-OH is 1. The minimum atomic E-state index is -0.342. The first kappa shape index (κ1) is 18.4. The van der Waals surface area contributed by atoms with E-state index in [0.29, 0.717) is 13.2 Å². The largest absolute Gasteiger partial charge is 0.489 e. The molecule has 0 unspecified atom stereocenters. The number of nitrogens with one attached hydrogen (secondary N) is 1. The maximum Gasteiger partial charge on any atom is 0.124 e. The lowest BCUT2D eigenvalue weighted by molar-refractivity contribution is 0.187. The fourth-order valence-electron chi connectivity index (χ4n) is 2.86. The molecule has 3 aromatic carbocycles. The monoisotopic (exact) mass is 349 g/mol. The number of aliphatic hydroxyl groups is 1. The van der Waals surface area contributed by atoms with Crippen LogP contribution in [-0.4, -0.2) is 17.3 Å². The number of ether oxygens (including phenoxy) is 1. The van der Waals surface area contributed by atoms with E-state index in [9.17, 15) is 5.11 Å². The molecular weight excluding hydrogens is 322 g/mol. The molecule has 0 aliphatic carbocycles. The van der Waals surface area contributed by atoms with Gasteiger partial charge in [0.15, 0.2) is 0 Å². The van der Waals surface area contributed by atoms with Gasteiger partial charge in [-0.05, 0) is 43.2 Å². The quantitative estimate of drug-likeness (QED) is 0.656. The fourth-order valence-corrected chi connectivity index (χ4v) is 2.86. The summed E-state index contributed by atoms with van der Waals surface area (Å²) < 4.78 is 6.17. The summed E-state index contributed by atoms with van der Waals surface area (Å²) in [6, 6.07) is 20.9. The van der Waals surface area contributed by atoms with Gasteiger partial charge in [-0.3, -0.25) is 0 Å². The molecule has 26 heavy (non-hydrogen) atoms. The van der Waals surface area contributed by atoms with Crippen LogP contribution in [0.15, 0.2) is 60.7 Å². The van der Waals surface area contributed by atoms with Crippen LogP contribution in [0.25, 0.3) is 10.8 Å². The van der Waals surface area contributed by atoms with Gasteiger partial charge in [0.2, 0.25) is 0 Å². The van der Waals surface area contributed by atoms with Crippen molar-refractivity contribution in [3.05, 3.63) is 77.4 Å². The molecule has 0 radical (unpaired) electrons. The van der Waals surface area contributed by atoms with Gasteiger partial charge in [-0.15, -0.1) is 0 Å². The van der Waals surface area contributed by atoms with E-state index >= 15 is 0 Å². The lowest BCUT2D eigenvalue weighted by atomic mass is 10.0. The highest BCUT2D eigenvalue weighted by Crippen LogP contribution is 2.29. The number of fused-ring (bicyclic) bond motifs is 1. The lowest BCUT2D eigenvalue weighted by Crippen LogP contribution is -2.42. The molecule has 3 heteroatoms. The van der Waals surface area contributed by atoms with Crippen LogP contribution in [0.3, 0.4) is 0 Å². The van der Waals surface area contributed by atoms with Gasteiger partial charge in [0.05, 0.1) is 6.61 Å². The molecule has 0 amide bonds. The first-order valence-corrected chi connectivity index (χ1v) is 9.03. The van der Waals surface area contributed by atoms with Gasteiger partial charge in [-0.2, -0.15) is 0 Å². The predicted octanol–water partition coefficient (Wildman–Crippen LogP) is 4.59. The summed E-state index contributed by atoms with van der Waals surface area (Å²) >= 11 is 0. The van der Waals surface area contributed by atoms with E-state index in [-0.39, 0.29) is 12.1 Å². The van der Waals surface area contributed by atoms with E-state index in [1.54, 1.807) is 0 Å². The molecule has 0 saturated heterocycles. The highest BCUT2D eigenvalue weighted by molar-refractivity contribution is 5.87. The average Bonchev–Trinajstić information content (AvgIpc) is 2.66. The summed E-state index contributed by atoms with van der Waals surface area (Å²) in [5.74, 6) is 0.880. The summed E-state index contributed by atoms with van der Waals surface area (Å²) in [6.07, 6.45) is 0. The number of hydrogen-bond donors (Lipinski definition) is 2. The molecule has 3 aromatic rings. The summed E-state index contributed by atoms with van der Waals surface area (Å²) in [6.45, 7) is 7.32. The number of rotatable bonds is 7. The summed E-state index contributed by atoms with van der Waals surface area (Å²) in [7, 11) is 0. The average molecular weight is 349 g/mol. The second-order valence-corrected chi connectivity index (χ2v) is 7.43. The van der Waals surface area contributed by atoms with Crippen LogP contribution in [0.5, 0.6) is 5.75 Å². The molecule has 3 rings (SSSR count). The SMILES string of the molecule is Cc1ccc(COc2ccc3ccccc3c2CNC(C)(C)CO)cc1. The summed E-state index contributed by atoms with van der Waals surface area (Å²) in [5, 5.41) is 15.3. The zero-order chi connectivity index (χ0) is 18.6. The Labute approximate surface area is 155 Å². The van der Waals surface area contributed by atoms with Crippen LogP contribution in [0.2, 0.25) is 0 Å². The van der Waals surface area contributed by atoms with Gasteiger partial charge in [0, 0.05) is 17.6 Å². The van der Waals surface area contributed by atoms with Crippen molar-refractivity contribution in [2.24, 2.45) is 0 Å². The Morgan fingerprint density at radius 3 is 2.42 bits per heavy atom. The maximum atomic E-state index is 9.54. The number of aryl methyl sites for hydroxylation is 1. The minimum Gasteiger partial charge on any atom is -0.489 e. The van der Waals surface area contributed by atoms with Crippen molar-refractivity contribution >= 4 is 10.8 Å². The Hall–Kier alpha value is -2.36. The van der Waals surface area contributed by atoms with E-state index in [1.165, 1.54) is 16.3 Å². The molecule has 2 N–H and O–H groups in total. The first-order valence-electron chi connectivity index (χ1n) is 9.03. The summed E-state index contributed by atoms with van der Waals surface area (Å²) in [4.78, 5) is 0. The smallest absolute Gasteiger partial charge is 0.124 e. The second kappa shape index (κ2) is 7.90. The second-order valence-electron chi connectivity index (χ2n) is 7.43. The maximum absolute atomic E-state index is 9.54. The van der Waals surface area contributed by atoms with Crippen LogP contribution >= 0.6 is 0 Å². The predicted molar refractivity (Wildman–Crippen MR) is 107 cm³/mol. The Balaban J connectivity index is 1.88. The van der Waals surface area contributed by atoms with Gasteiger partial charge in [-0.1, -0.05) is 60.2 Å². The minimum absolute atomic E-state index is 0.0807. The third kappa shape index (κ3) is 4.43. The van der Waals surface area contributed by atoms with Crippen LogP contribution in [0.1, 0.15) is 30.5 Å².